The summed E-state index contributed by atoms with van der Waals surface area (Å²) >= 11 is 0. The zero-order valence-corrected chi connectivity index (χ0v) is 20.4. The van der Waals surface area contributed by atoms with Gasteiger partial charge >= 0.3 is 5.97 Å². The second-order valence-corrected chi connectivity index (χ2v) is 11.7. The highest BCUT2D eigenvalue weighted by Crippen LogP contribution is 2.68. The Balaban J connectivity index is 1.78. The summed E-state index contributed by atoms with van der Waals surface area (Å²) in [7, 11) is 0. The van der Waals surface area contributed by atoms with Crippen molar-refractivity contribution in [2.45, 2.75) is 91.5 Å². The lowest BCUT2D eigenvalue weighted by Crippen LogP contribution is -2.60. The van der Waals surface area contributed by atoms with Gasteiger partial charge < -0.3 is 9.84 Å². The lowest BCUT2D eigenvalue weighted by Gasteiger charge is -2.60. The highest BCUT2D eigenvalue weighted by atomic mass is 19.1. The first-order valence-electron chi connectivity index (χ1n) is 12.6. The highest BCUT2D eigenvalue weighted by Gasteiger charge is 2.67. The lowest BCUT2D eigenvalue weighted by molar-refractivity contribution is -0.179. The molecule has 3 saturated carbocycles. The van der Waals surface area contributed by atoms with Gasteiger partial charge in [0.05, 0.1) is 6.10 Å². The molecule has 4 rings (SSSR count). The van der Waals surface area contributed by atoms with Crippen LogP contribution in [0.1, 0.15) is 73.1 Å². The fourth-order valence-electron chi connectivity index (χ4n) is 8.26. The second kappa shape index (κ2) is 8.58. The second-order valence-electron chi connectivity index (χ2n) is 11.7. The van der Waals surface area contributed by atoms with E-state index in [4.69, 9.17) is 4.74 Å². The summed E-state index contributed by atoms with van der Waals surface area (Å²) in [6.07, 6.45) is 3.30. The number of ether oxygens (including phenoxy) is 1. The van der Waals surface area contributed by atoms with Crippen molar-refractivity contribution in [1.29, 1.82) is 0 Å². The molecule has 0 heterocycles. The Morgan fingerprint density at radius 1 is 1.33 bits per heavy atom. The largest absolute Gasteiger partial charge is 0.461 e. The van der Waals surface area contributed by atoms with Gasteiger partial charge in [-0.15, -0.1) is 0 Å². The number of rotatable bonds is 5. The Kier molecular flexibility index (Phi) is 6.39. The van der Waals surface area contributed by atoms with Crippen LogP contribution in [0.15, 0.2) is 23.6 Å². The van der Waals surface area contributed by atoms with Crippen LogP contribution in [-0.2, 0) is 14.3 Å². The monoisotopic (exact) mass is 464 g/mol. The number of fused-ring (bicyclic) bond motifs is 5. The van der Waals surface area contributed by atoms with E-state index in [1.807, 2.05) is 6.92 Å². The summed E-state index contributed by atoms with van der Waals surface area (Å²) in [6, 6.07) is 0. The van der Waals surface area contributed by atoms with E-state index in [0.717, 1.165) is 12.8 Å². The van der Waals surface area contributed by atoms with Gasteiger partial charge in [-0.1, -0.05) is 40.7 Å². The van der Waals surface area contributed by atoms with Crippen LogP contribution in [0.3, 0.4) is 0 Å². The standard InChI is InChI=1S/C27H38F2O4/c1-6-7-21(32)33-25-15(4)10-17-16-11-18(28)23-24(29)19(30)8-9-26(23,5)22(16)20(31)13-27(17,25)12-14(2)3/h8-9,14-18,20,22,25,31H,6-7,10-13H2,1-5H3/t15-,16-,17-,18-,20-,22+,25+,26+,27-/m0/s1. The average molecular weight is 465 g/mol. The molecule has 0 aromatic rings. The Morgan fingerprint density at radius 3 is 2.67 bits per heavy atom. The van der Waals surface area contributed by atoms with Crippen LogP contribution in [-0.4, -0.2) is 35.2 Å². The molecule has 0 unspecified atom stereocenters. The number of alkyl halides is 1. The lowest BCUT2D eigenvalue weighted by atomic mass is 9.46. The molecule has 6 heteroatoms. The number of allylic oxidation sites excluding steroid dienone is 4. The fraction of sp³-hybridized carbons (Fsp3) is 0.778. The van der Waals surface area contributed by atoms with Gasteiger partial charge in [0.15, 0.2) is 5.83 Å². The minimum atomic E-state index is -1.57. The number of hydrogen-bond acceptors (Lipinski definition) is 4. The molecule has 0 amide bonds. The number of hydrogen-bond donors (Lipinski definition) is 1. The maximum Gasteiger partial charge on any atom is 0.306 e. The molecule has 0 radical (unpaired) electrons. The van der Waals surface area contributed by atoms with E-state index < -0.39 is 34.7 Å². The van der Waals surface area contributed by atoms with Crippen molar-refractivity contribution in [2.24, 2.45) is 40.4 Å². The minimum absolute atomic E-state index is 0.0634. The van der Waals surface area contributed by atoms with Gasteiger partial charge in [-0.25, -0.2) is 8.78 Å². The van der Waals surface area contributed by atoms with Crippen LogP contribution in [0.4, 0.5) is 8.78 Å². The molecule has 0 aromatic carbocycles. The van der Waals surface area contributed by atoms with Gasteiger partial charge in [0.25, 0.3) is 0 Å². The molecule has 184 valence electrons. The van der Waals surface area contributed by atoms with Crippen molar-refractivity contribution < 1.29 is 28.2 Å². The number of ketones is 1. The molecule has 3 fully saturated rings. The summed E-state index contributed by atoms with van der Waals surface area (Å²) in [5.41, 5.74) is -1.56. The molecule has 4 aliphatic rings. The van der Waals surface area contributed by atoms with E-state index in [-0.39, 0.29) is 47.7 Å². The van der Waals surface area contributed by atoms with Crippen molar-refractivity contribution in [3.8, 4) is 0 Å². The fourth-order valence-corrected chi connectivity index (χ4v) is 8.26. The highest BCUT2D eigenvalue weighted by molar-refractivity contribution is 6.04. The third-order valence-electron chi connectivity index (χ3n) is 9.03. The molecular formula is C27H38F2O4. The van der Waals surface area contributed by atoms with Gasteiger partial charge in [-0.3, -0.25) is 9.59 Å². The van der Waals surface area contributed by atoms with Crippen molar-refractivity contribution in [2.75, 3.05) is 0 Å². The molecule has 0 spiro atoms. The van der Waals surface area contributed by atoms with Crippen LogP contribution >= 0.6 is 0 Å². The van der Waals surface area contributed by atoms with Crippen molar-refractivity contribution >= 4 is 11.8 Å². The molecule has 33 heavy (non-hydrogen) atoms. The van der Waals surface area contributed by atoms with E-state index in [0.29, 0.717) is 25.2 Å². The van der Waals surface area contributed by atoms with E-state index >= 15 is 4.39 Å². The van der Waals surface area contributed by atoms with Gasteiger partial charge in [0.1, 0.15) is 12.3 Å². The topological polar surface area (TPSA) is 63.6 Å². The van der Waals surface area contributed by atoms with E-state index in [1.165, 1.54) is 6.08 Å². The van der Waals surface area contributed by atoms with Gasteiger partial charge in [-0.05, 0) is 61.9 Å². The quantitative estimate of drug-likeness (QED) is 0.546. The summed E-state index contributed by atoms with van der Waals surface area (Å²) in [5.74, 6) is -2.08. The third-order valence-corrected chi connectivity index (χ3v) is 9.03. The zero-order chi connectivity index (χ0) is 24.3. The molecule has 4 aliphatic carbocycles. The number of carbonyl (C=O) groups excluding carboxylic acids is 2. The predicted octanol–water partition coefficient (Wildman–Crippen LogP) is 5.49. The van der Waals surface area contributed by atoms with E-state index in [2.05, 4.69) is 20.8 Å². The Hall–Kier alpha value is -1.56. The third kappa shape index (κ3) is 3.71. The molecule has 0 aliphatic heterocycles. The Morgan fingerprint density at radius 2 is 2.03 bits per heavy atom. The maximum absolute atomic E-state index is 15.6. The average Bonchev–Trinajstić information content (AvgIpc) is 2.96. The van der Waals surface area contributed by atoms with Gasteiger partial charge in [-0.2, -0.15) is 0 Å². The summed E-state index contributed by atoms with van der Waals surface area (Å²) in [6.45, 7) is 10.1. The van der Waals surface area contributed by atoms with E-state index in [1.54, 1.807) is 13.0 Å². The number of esters is 1. The maximum atomic E-state index is 15.6. The molecule has 0 aromatic heterocycles. The summed E-state index contributed by atoms with van der Waals surface area (Å²) in [5, 5.41) is 11.6. The normalized spacial score (nSPS) is 44.5. The van der Waals surface area contributed by atoms with Crippen LogP contribution in [0.25, 0.3) is 0 Å². The first-order valence-corrected chi connectivity index (χ1v) is 12.6. The van der Waals surface area contributed by atoms with Crippen LogP contribution in [0.2, 0.25) is 0 Å². The van der Waals surface area contributed by atoms with Gasteiger partial charge in [0, 0.05) is 28.7 Å². The molecule has 1 N–H and O–H groups in total. The predicted molar refractivity (Wildman–Crippen MR) is 121 cm³/mol. The van der Waals surface area contributed by atoms with Crippen LogP contribution in [0.5, 0.6) is 0 Å². The number of aliphatic hydroxyl groups is 1. The van der Waals surface area contributed by atoms with Crippen molar-refractivity contribution in [3.63, 3.8) is 0 Å². The Bertz CT molecular complexity index is 879. The summed E-state index contributed by atoms with van der Waals surface area (Å²) < 4.78 is 36.5. The van der Waals surface area contributed by atoms with Crippen molar-refractivity contribution in [1.82, 2.24) is 0 Å². The number of aliphatic hydroxyl groups excluding tert-OH is 1. The van der Waals surface area contributed by atoms with Crippen LogP contribution < -0.4 is 0 Å². The van der Waals surface area contributed by atoms with Gasteiger partial charge in [0.2, 0.25) is 5.78 Å². The minimum Gasteiger partial charge on any atom is -0.461 e. The van der Waals surface area contributed by atoms with Crippen LogP contribution in [0, 0.1) is 40.4 Å². The molecule has 0 saturated heterocycles. The zero-order valence-electron chi connectivity index (χ0n) is 20.4. The molecule has 9 atom stereocenters. The molecule has 4 nitrogen and oxygen atoms in total. The molecule has 0 bridgehead atoms. The first-order chi connectivity index (χ1) is 15.5. The first kappa shape index (κ1) is 24.6. The number of carbonyl (C=O) groups is 2. The summed E-state index contributed by atoms with van der Waals surface area (Å²) in [4.78, 5) is 24.5. The number of halogens is 2. The van der Waals surface area contributed by atoms with E-state index in [9.17, 15) is 19.1 Å². The van der Waals surface area contributed by atoms with Crippen molar-refractivity contribution in [3.05, 3.63) is 23.6 Å². The smallest absolute Gasteiger partial charge is 0.306 e. The molecular weight excluding hydrogens is 426 g/mol. The Labute approximate surface area is 195 Å². The SMILES string of the molecule is CCCC(=O)O[C@@H]1[C@@H](C)C[C@H]2[C@@H]3C[C@H](F)C4=C(F)C(=O)C=C[C@]4(C)[C@H]3[C@@H](O)C[C@]12CC(C)C.